The van der Waals surface area contributed by atoms with Gasteiger partial charge in [0.25, 0.3) is 5.91 Å². The fraction of sp³-hybridized carbons (Fsp3) is 0.600. The van der Waals surface area contributed by atoms with Gasteiger partial charge in [0.1, 0.15) is 0 Å². The van der Waals surface area contributed by atoms with Crippen molar-refractivity contribution >= 4 is 33.5 Å². The van der Waals surface area contributed by atoms with Crippen LogP contribution in [0.1, 0.15) is 44.0 Å². The molecule has 1 aromatic rings. The average molecular weight is 459 g/mol. The minimum atomic E-state index is -3.71. The molecule has 2 aliphatic heterocycles. The van der Waals surface area contributed by atoms with Crippen LogP contribution < -0.4 is 0 Å². The molecule has 0 N–H and O–H groups in total. The molecule has 2 aliphatic rings. The van der Waals surface area contributed by atoms with E-state index in [1.807, 2.05) is 13.8 Å². The Kier molecular flexibility index (Phi) is 7.06. The van der Waals surface area contributed by atoms with Gasteiger partial charge in [0.2, 0.25) is 10.0 Å². The van der Waals surface area contributed by atoms with Crippen LogP contribution in [0.4, 0.5) is 0 Å². The van der Waals surface area contributed by atoms with E-state index in [0.29, 0.717) is 26.2 Å². The summed E-state index contributed by atoms with van der Waals surface area (Å²) in [6.07, 6.45) is 0.357. The van der Waals surface area contributed by atoms with Gasteiger partial charge < -0.3 is 14.4 Å². The van der Waals surface area contributed by atoms with Crippen LogP contribution in [-0.2, 0) is 24.3 Å². The Bertz CT molecular complexity index is 906. The molecule has 10 heteroatoms. The Labute approximate surface area is 182 Å². The summed E-state index contributed by atoms with van der Waals surface area (Å²) >= 11 is 6.13. The molecule has 1 amide bonds. The first kappa shape index (κ1) is 23.0. The fourth-order valence-electron chi connectivity index (χ4n) is 3.79. The monoisotopic (exact) mass is 458 g/mol. The van der Waals surface area contributed by atoms with Crippen molar-refractivity contribution in [2.45, 2.75) is 56.8 Å². The summed E-state index contributed by atoms with van der Waals surface area (Å²) in [6, 6.07) is 3.95. The van der Waals surface area contributed by atoms with E-state index < -0.39 is 22.1 Å². The first-order valence-corrected chi connectivity index (χ1v) is 11.9. The third-order valence-electron chi connectivity index (χ3n) is 5.22. The summed E-state index contributed by atoms with van der Waals surface area (Å²) < 4.78 is 37.9. The van der Waals surface area contributed by atoms with E-state index in [1.165, 1.54) is 29.4 Å². The molecule has 3 unspecified atom stereocenters. The predicted octanol–water partition coefficient (Wildman–Crippen LogP) is 2.31. The highest BCUT2D eigenvalue weighted by atomic mass is 35.5. The molecule has 0 bridgehead atoms. The van der Waals surface area contributed by atoms with Crippen LogP contribution in [-0.4, -0.2) is 74.0 Å². The third kappa shape index (κ3) is 4.96. The molecular weight excluding hydrogens is 432 g/mol. The molecule has 30 heavy (non-hydrogen) atoms. The van der Waals surface area contributed by atoms with Gasteiger partial charge in [-0.2, -0.15) is 4.31 Å². The minimum absolute atomic E-state index is 0.0180. The van der Waals surface area contributed by atoms with E-state index in [4.69, 9.17) is 21.1 Å². The highest BCUT2D eigenvalue weighted by Gasteiger charge is 2.32. The largest absolute Gasteiger partial charge is 0.449 e. The number of carbonyl (C=O) groups excluding carboxylic acids is 2. The molecule has 2 saturated heterocycles. The van der Waals surface area contributed by atoms with Gasteiger partial charge in [-0.3, -0.25) is 4.79 Å². The first-order valence-electron chi connectivity index (χ1n) is 10.0. The standard InChI is InChI=1S/C20H27ClN2O6S/c1-13-11-22(12-14(2)28-13)19(24)15(3)29-20(25)17-10-16(6-7-18(17)21)30(26,27)23-8-4-5-9-23/h6-7,10,13-15H,4-5,8-9,11-12H2,1-3H3. The highest BCUT2D eigenvalue weighted by Crippen LogP contribution is 2.26. The van der Waals surface area contributed by atoms with Crippen LogP contribution in [0.3, 0.4) is 0 Å². The van der Waals surface area contributed by atoms with E-state index in [9.17, 15) is 18.0 Å². The number of carbonyl (C=O) groups is 2. The van der Waals surface area contributed by atoms with E-state index in [0.717, 1.165) is 12.8 Å². The SMILES string of the molecule is CC1CN(C(=O)C(C)OC(=O)c2cc(S(=O)(=O)N3CCCC3)ccc2Cl)CC(C)O1. The summed E-state index contributed by atoms with van der Waals surface area (Å²) in [7, 11) is -3.71. The number of rotatable bonds is 5. The summed E-state index contributed by atoms with van der Waals surface area (Å²) in [5.74, 6) is -1.17. The second-order valence-corrected chi connectivity index (χ2v) is 10.1. The van der Waals surface area contributed by atoms with Gasteiger partial charge in [-0.1, -0.05) is 11.6 Å². The van der Waals surface area contributed by atoms with Gasteiger partial charge in [-0.25, -0.2) is 13.2 Å². The number of halogens is 1. The highest BCUT2D eigenvalue weighted by molar-refractivity contribution is 7.89. The number of benzene rings is 1. The number of esters is 1. The van der Waals surface area contributed by atoms with Gasteiger partial charge in [0, 0.05) is 26.2 Å². The minimum Gasteiger partial charge on any atom is -0.449 e. The molecule has 3 rings (SSSR count). The number of amides is 1. The van der Waals surface area contributed by atoms with Crippen molar-refractivity contribution in [2.24, 2.45) is 0 Å². The molecule has 3 atom stereocenters. The average Bonchev–Trinajstić information content (AvgIpc) is 3.22. The molecule has 8 nitrogen and oxygen atoms in total. The Morgan fingerprint density at radius 1 is 1.17 bits per heavy atom. The summed E-state index contributed by atoms with van der Waals surface area (Å²) in [5, 5.41) is 0.0636. The third-order valence-corrected chi connectivity index (χ3v) is 7.45. The molecule has 2 heterocycles. The maximum Gasteiger partial charge on any atom is 0.340 e. The van der Waals surface area contributed by atoms with E-state index in [-0.39, 0.29) is 33.6 Å². The molecular formula is C20H27ClN2O6S. The van der Waals surface area contributed by atoms with E-state index in [2.05, 4.69) is 0 Å². The maximum atomic E-state index is 12.8. The Morgan fingerprint density at radius 3 is 2.37 bits per heavy atom. The van der Waals surface area contributed by atoms with Crippen LogP contribution in [0, 0.1) is 0 Å². The number of ether oxygens (including phenoxy) is 2. The number of morpholine rings is 1. The lowest BCUT2D eigenvalue weighted by Gasteiger charge is -2.36. The molecule has 166 valence electrons. The normalized spacial score (nSPS) is 23.9. The maximum absolute atomic E-state index is 12.8. The molecule has 0 aliphatic carbocycles. The molecule has 0 saturated carbocycles. The zero-order chi connectivity index (χ0) is 22.1. The van der Waals surface area contributed by atoms with Crippen LogP contribution in [0.25, 0.3) is 0 Å². The van der Waals surface area contributed by atoms with Gasteiger partial charge in [-0.15, -0.1) is 0 Å². The molecule has 2 fully saturated rings. The number of hydrogen-bond acceptors (Lipinski definition) is 6. The zero-order valence-corrected chi connectivity index (χ0v) is 18.9. The van der Waals surface area contributed by atoms with Crippen LogP contribution in [0.2, 0.25) is 5.02 Å². The van der Waals surface area contributed by atoms with Crippen LogP contribution in [0.5, 0.6) is 0 Å². The number of hydrogen-bond donors (Lipinski definition) is 0. The Morgan fingerprint density at radius 2 is 1.77 bits per heavy atom. The van der Waals surface area contributed by atoms with Gasteiger partial charge >= 0.3 is 5.97 Å². The van der Waals surface area contributed by atoms with E-state index in [1.54, 1.807) is 4.90 Å². The first-order chi connectivity index (χ1) is 14.1. The topological polar surface area (TPSA) is 93.2 Å². The smallest absolute Gasteiger partial charge is 0.340 e. The second kappa shape index (κ2) is 9.21. The van der Waals surface area contributed by atoms with Crippen LogP contribution in [0.15, 0.2) is 23.1 Å². The zero-order valence-electron chi connectivity index (χ0n) is 17.3. The lowest BCUT2D eigenvalue weighted by atomic mass is 10.2. The Hall–Kier alpha value is -1.68. The van der Waals surface area contributed by atoms with Crippen molar-refractivity contribution in [2.75, 3.05) is 26.2 Å². The second-order valence-electron chi connectivity index (χ2n) is 7.80. The predicted molar refractivity (Wildman–Crippen MR) is 111 cm³/mol. The number of sulfonamides is 1. The van der Waals surface area contributed by atoms with Crippen molar-refractivity contribution in [1.29, 1.82) is 0 Å². The van der Waals surface area contributed by atoms with E-state index >= 15 is 0 Å². The summed E-state index contributed by atoms with van der Waals surface area (Å²) in [5.41, 5.74) is -0.0831. The Balaban J connectivity index is 1.74. The molecule has 1 aromatic carbocycles. The van der Waals surface area contributed by atoms with Crippen LogP contribution >= 0.6 is 11.6 Å². The summed E-state index contributed by atoms with van der Waals surface area (Å²) in [4.78, 5) is 27.0. The van der Waals surface area contributed by atoms with Gasteiger partial charge in [-0.05, 0) is 51.8 Å². The molecule has 0 aromatic heterocycles. The lowest BCUT2D eigenvalue weighted by molar-refractivity contribution is -0.151. The quantitative estimate of drug-likeness (QED) is 0.628. The van der Waals surface area contributed by atoms with Gasteiger partial charge in [0.05, 0.1) is 27.7 Å². The molecule has 0 spiro atoms. The number of nitrogens with zero attached hydrogens (tertiary/aromatic N) is 2. The van der Waals surface area contributed by atoms with Crippen molar-refractivity contribution < 1.29 is 27.5 Å². The van der Waals surface area contributed by atoms with Crippen molar-refractivity contribution in [1.82, 2.24) is 9.21 Å². The van der Waals surface area contributed by atoms with Crippen molar-refractivity contribution in [3.8, 4) is 0 Å². The fourth-order valence-corrected chi connectivity index (χ4v) is 5.53. The van der Waals surface area contributed by atoms with Crippen molar-refractivity contribution in [3.63, 3.8) is 0 Å². The van der Waals surface area contributed by atoms with Crippen molar-refractivity contribution in [3.05, 3.63) is 28.8 Å². The summed E-state index contributed by atoms with van der Waals surface area (Å²) in [6.45, 7) is 6.96. The molecule has 0 radical (unpaired) electrons. The van der Waals surface area contributed by atoms with Gasteiger partial charge in [0.15, 0.2) is 6.10 Å². The lowest BCUT2D eigenvalue weighted by Crippen LogP contribution is -2.51.